The number of halogens is 1. The third-order valence-electron chi connectivity index (χ3n) is 1.75. The van der Waals surface area contributed by atoms with Crippen LogP contribution in [0.15, 0.2) is 28.9 Å². The number of rotatable bonds is 2. The Kier molecular flexibility index (Phi) is 2.39. The van der Waals surface area contributed by atoms with Gasteiger partial charge < -0.3 is 9.63 Å². The van der Waals surface area contributed by atoms with E-state index in [1.54, 1.807) is 12.1 Å². The highest BCUT2D eigenvalue weighted by Gasteiger charge is 2.14. The Labute approximate surface area is 89.3 Å². The van der Waals surface area contributed by atoms with Crippen molar-refractivity contribution in [1.82, 2.24) is 10.1 Å². The van der Waals surface area contributed by atoms with E-state index in [1.807, 2.05) is 0 Å². The van der Waals surface area contributed by atoms with E-state index in [4.69, 9.17) is 21.2 Å². The monoisotopic (exact) mass is 224 g/mol. The lowest BCUT2D eigenvalue weighted by Gasteiger charge is -1.95. The van der Waals surface area contributed by atoms with Gasteiger partial charge in [-0.2, -0.15) is 0 Å². The van der Waals surface area contributed by atoms with Crippen molar-refractivity contribution in [2.45, 2.75) is 0 Å². The van der Waals surface area contributed by atoms with Crippen molar-refractivity contribution in [2.24, 2.45) is 0 Å². The molecular weight excluding hydrogens is 220 g/mol. The van der Waals surface area contributed by atoms with Gasteiger partial charge in [0.15, 0.2) is 11.5 Å². The van der Waals surface area contributed by atoms with Crippen LogP contribution in [-0.4, -0.2) is 21.2 Å². The van der Waals surface area contributed by atoms with Gasteiger partial charge in [-0.15, -0.1) is 0 Å². The van der Waals surface area contributed by atoms with E-state index in [0.717, 1.165) is 0 Å². The van der Waals surface area contributed by atoms with Crippen molar-refractivity contribution in [1.29, 1.82) is 0 Å². The molecule has 0 aliphatic heterocycles. The highest BCUT2D eigenvalue weighted by Crippen LogP contribution is 2.25. The van der Waals surface area contributed by atoms with Crippen molar-refractivity contribution in [2.75, 3.05) is 0 Å². The predicted molar refractivity (Wildman–Crippen MR) is 51.7 cm³/mol. The van der Waals surface area contributed by atoms with Crippen LogP contribution in [0.3, 0.4) is 0 Å². The van der Waals surface area contributed by atoms with Gasteiger partial charge in [-0.3, -0.25) is 0 Å². The van der Waals surface area contributed by atoms with Gasteiger partial charge >= 0.3 is 5.97 Å². The number of carbonyl (C=O) groups is 1. The van der Waals surface area contributed by atoms with Gasteiger partial charge in [-0.1, -0.05) is 16.8 Å². The molecule has 1 N–H and O–H groups in total. The second-order valence-electron chi connectivity index (χ2n) is 2.72. The van der Waals surface area contributed by atoms with Gasteiger partial charge in [0, 0.05) is 12.3 Å². The molecule has 0 fully saturated rings. The minimum absolute atomic E-state index is 0.162. The molecule has 0 spiro atoms. The topological polar surface area (TPSA) is 76.2 Å². The molecule has 0 saturated heterocycles. The molecule has 2 rings (SSSR count). The van der Waals surface area contributed by atoms with E-state index in [9.17, 15) is 4.79 Å². The summed E-state index contributed by atoms with van der Waals surface area (Å²) >= 11 is 5.80. The predicted octanol–water partition coefficient (Wildman–Crippen LogP) is 2.09. The first-order valence-electron chi connectivity index (χ1n) is 3.99. The lowest BCUT2D eigenvalue weighted by Crippen LogP contribution is -1.94. The molecule has 15 heavy (non-hydrogen) atoms. The number of hydrogen-bond acceptors (Lipinski definition) is 4. The average Bonchev–Trinajstić information content (AvgIpc) is 2.67. The summed E-state index contributed by atoms with van der Waals surface area (Å²) in [4.78, 5) is 14.4. The number of aromatic nitrogens is 2. The lowest BCUT2D eigenvalue weighted by atomic mass is 10.2. The molecule has 0 saturated carbocycles. The third kappa shape index (κ3) is 1.82. The second kappa shape index (κ2) is 3.70. The van der Waals surface area contributed by atoms with Gasteiger partial charge in [0.25, 0.3) is 0 Å². The van der Waals surface area contributed by atoms with Crippen LogP contribution >= 0.6 is 11.6 Å². The first-order valence-corrected chi connectivity index (χ1v) is 4.37. The van der Waals surface area contributed by atoms with Crippen molar-refractivity contribution in [3.63, 3.8) is 0 Å². The van der Waals surface area contributed by atoms with E-state index in [-0.39, 0.29) is 16.6 Å². The summed E-state index contributed by atoms with van der Waals surface area (Å²) in [6.07, 6.45) is 1.53. The van der Waals surface area contributed by atoms with E-state index >= 15 is 0 Å². The maximum absolute atomic E-state index is 10.6. The second-order valence-corrected chi connectivity index (χ2v) is 3.08. The van der Waals surface area contributed by atoms with E-state index in [1.165, 1.54) is 12.3 Å². The molecule has 0 radical (unpaired) electrons. The first-order chi connectivity index (χ1) is 7.18. The van der Waals surface area contributed by atoms with Gasteiger partial charge in [0.2, 0.25) is 0 Å². The average molecular weight is 225 g/mol. The minimum Gasteiger partial charge on any atom is -0.476 e. The number of carboxylic acids is 1. The fraction of sp³-hybridized carbons (Fsp3) is 0. The summed E-state index contributed by atoms with van der Waals surface area (Å²) in [5.74, 6) is -0.865. The number of aromatic carboxylic acids is 1. The van der Waals surface area contributed by atoms with Crippen molar-refractivity contribution in [3.8, 4) is 11.3 Å². The first kappa shape index (κ1) is 9.67. The SMILES string of the molecule is O=C(O)c1cc(-c2cccnc2Cl)on1. The van der Waals surface area contributed by atoms with Crippen LogP contribution in [0.2, 0.25) is 5.15 Å². The molecule has 0 aromatic carbocycles. The quantitative estimate of drug-likeness (QED) is 0.791. The van der Waals surface area contributed by atoms with E-state index < -0.39 is 5.97 Å². The Morgan fingerprint density at radius 3 is 2.93 bits per heavy atom. The maximum atomic E-state index is 10.6. The number of carboxylic acid groups (broad SMARTS) is 1. The fourth-order valence-corrected chi connectivity index (χ4v) is 1.29. The van der Waals surface area contributed by atoms with E-state index in [0.29, 0.717) is 5.56 Å². The van der Waals surface area contributed by atoms with Gasteiger partial charge in [-0.25, -0.2) is 9.78 Å². The van der Waals surface area contributed by atoms with Crippen LogP contribution in [0.1, 0.15) is 10.5 Å². The highest BCUT2D eigenvalue weighted by molar-refractivity contribution is 6.31. The minimum atomic E-state index is -1.15. The molecule has 2 aromatic rings. The lowest BCUT2D eigenvalue weighted by molar-refractivity contribution is 0.0686. The molecule has 2 heterocycles. The van der Waals surface area contributed by atoms with Crippen molar-refractivity contribution >= 4 is 17.6 Å². The normalized spacial score (nSPS) is 10.2. The molecule has 0 aliphatic rings. The number of hydrogen-bond donors (Lipinski definition) is 1. The van der Waals surface area contributed by atoms with Crippen LogP contribution in [0.25, 0.3) is 11.3 Å². The number of pyridine rings is 1. The Bertz CT molecular complexity index is 510. The van der Waals surface area contributed by atoms with E-state index in [2.05, 4.69) is 10.1 Å². The van der Waals surface area contributed by atoms with Crippen LogP contribution in [0.4, 0.5) is 0 Å². The highest BCUT2D eigenvalue weighted by atomic mass is 35.5. The Morgan fingerprint density at radius 1 is 1.53 bits per heavy atom. The molecule has 5 nitrogen and oxygen atoms in total. The molecule has 0 unspecified atom stereocenters. The zero-order chi connectivity index (χ0) is 10.8. The fourth-order valence-electron chi connectivity index (χ4n) is 1.07. The Hall–Kier alpha value is -1.88. The largest absolute Gasteiger partial charge is 0.476 e. The molecule has 2 aromatic heterocycles. The van der Waals surface area contributed by atoms with Gasteiger partial charge in [0.1, 0.15) is 5.15 Å². The van der Waals surface area contributed by atoms with Crippen LogP contribution in [-0.2, 0) is 0 Å². The molecule has 0 aliphatic carbocycles. The number of nitrogens with zero attached hydrogens (tertiary/aromatic N) is 2. The standard InChI is InChI=1S/C9H5ClN2O3/c10-8-5(2-1-3-11-8)7-4-6(9(13)14)12-15-7/h1-4H,(H,13,14). The molecule has 0 bridgehead atoms. The summed E-state index contributed by atoms with van der Waals surface area (Å²) in [6, 6.07) is 4.64. The van der Waals surface area contributed by atoms with Crippen LogP contribution < -0.4 is 0 Å². The molecule has 6 heteroatoms. The smallest absolute Gasteiger partial charge is 0.358 e. The molecular formula is C9H5ClN2O3. The van der Waals surface area contributed by atoms with Crippen LogP contribution in [0.5, 0.6) is 0 Å². The Morgan fingerprint density at radius 2 is 2.33 bits per heavy atom. The van der Waals surface area contributed by atoms with Gasteiger partial charge in [-0.05, 0) is 12.1 Å². The van der Waals surface area contributed by atoms with Crippen molar-refractivity contribution < 1.29 is 14.4 Å². The Balaban J connectivity index is 2.46. The summed E-state index contributed by atoms with van der Waals surface area (Å²) in [7, 11) is 0. The molecule has 76 valence electrons. The van der Waals surface area contributed by atoms with Gasteiger partial charge in [0.05, 0.1) is 5.56 Å². The van der Waals surface area contributed by atoms with Crippen LogP contribution in [0, 0.1) is 0 Å². The molecule has 0 atom stereocenters. The zero-order valence-corrected chi connectivity index (χ0v) is 8.10. The summed E-state index contributed by atoms with van der Waals surface area (Å²) in [5.41, 5.74) is 0.351. The third-order valence-corrected chi connectivity index (χ3v) is 2.06. The zero-order valence-electron chi connectivity index (χ0n) is 7.35. The molecule has 0 amide bonds. The summed E-state index contributed by atoms with van der Waals surface area (Å²) in [6.45, 7) is 0. The summed E-state index contributed by atoms with van der Waals surface area (Å²) < 4.78 is 4.84. The summed E-state index contributed by atoms with van der Waals surface area (Å²) in [5, 5.41) is 12.3. The van der Waals surface area contributed by atoms with Crippen molar-refractivity contribution in [3.05, 3.63) is 35.2 Å². The maximum Gasteiger partial charge on any atom is 0.358 e.